The van der Waals surface area contributed by atoms with Gasteiger partial charge in [0.25, 0.3) is 0 Å². The Morgan fingerprint density at radius 1 is 0.288 bits per heavy atom. The fourth-order valence-electron chi connectivity index (χ4n) is 7.06. The topological polar surface area (TPSA) is 64.5 Å². The summed E-state index contributed by atoms with van der Waals surface area (Å²) >= 11 is 0. The van der Waals surface area contributed by atoms with Crippen LogP contribution in [0.4, 0.5) is 0 Å². The van der Waals surface area contributed by atoms with E-state index in [4.69, 9.17) is 15.0 Å². The van der Waals surface area contributed by atoms with Crippen molar-refractivity contribution in [2.45, 2.75) is 0 Å². The molecule has 0 saturated heterocycles. The van der Waals surface area contributed by atoms with Gasteiger partial charge < -0.3 is 0 Å². The van der Waals surface area contributed by atoms with Crippen LogP contribution in [0, 0.1) is 0 Å². The summed E-state index contributed by atoms with van der Waals surface area (Å²) in [6.07, 6.45) is 5.47. The van der Waals surface area contributed by atoms with Crippen LogP contribution >= 0.6 is 0 Å². The Kier molecular flexibility index (Phi) is 7.07. The molecule has 5 heterocycles. The predicted molar refractivity (Wildman–Crippen MR) is 213 cm³/mol. The first-order valence-corrected chi connectivity index (χ1v) is 17.3. The fourth-order valence-corrected chi connectivity index (χ4v) is 7.06. The van der Waals surface area contributed by atoms with Crippen molar-refractivity contribution in [3.63, 3.8) is 0 Å². The van der Waals surface area contributed by atoms with Gasteiger partial charge in [0.1, 0.15) is 0 Å². The lowest BCUT2D eigenvalue weighted by molar-refractivity contribution is 1.33. The third-order valence-electron chi connectivity index (χ3n) is 9.77. The van der Waals surface area contributed by atoms with Crippen molar-refractivity contribution in [3.8, 4) is 56.0 Å². The molecule has 0 fully saturated rings. The zero-order chi connectivity index (χ0) is 34.4. The first kappa shape index (κ1) is 29.8. The second-order valence-corrected chi connectivity index (χ2v) is 13.0. The molecule has 5 heteroatoms. The van der Waals surface area contributed by atoms with Gasteiger partial charge >= 0.3 is 0 Å². The average molecular weight is 664 g/mol. The SMILES string of the molecule is c1cc(-c2ccncc2)cc(-c2ccc3cc(-c4ccc5nc(-c6cccc(-c7ccc8ccc9cccnc9c8n7)c6)ccc5c4)ccc3n2)c1. The lowest BCUT2D eigenvalue weighted by Gasteiger charge is -2.10. The van der Waals surface area contributed by atoms with Gasteiger partial charge in [0.15, 0.2) is 0 Å². The molecule has 52 heavy (non-hydrogen) atoms. The number of hydrogen-bond acceptors (Lipinski definition) is 5. The van der Waals surface area contributed by atoms with Gasteiger partial charge in [-0.05, 0) is 95.1 Å². The van der Waals surface area contributed by atoms with Gasteiger partial charge in [-0.2, -0.15) is 0 Å². The van der Waals surface area contributed by atoms with Crippen LogP contribution in [0.2, 0.25) is 0 Å². The average Bonchev–Trinajstić information content (AvgIpc) is 3.23. The van der Waals surface area contributed by atoms with Crippen LogP contribution < -0.4 is 0 Å². The van der Waals surface area contributed by atoms with Gasteiger partial charge in [-0.25, -0.2) is 15.0 Å². The molecule has 0 amide bonds. The monoisotopic (exact) mass is 663 g/mol. The first-order chi connectivity index (χ1) is 25.7. The number of hydrogen-bond donors (Lipinski definition) is 0. The van der Waals surface area contributed by atoms with E-state index in [1.165, 1.54) is 0 Å². The van der Waals surface area contributed by atoms with E-state index in [9.17, 15) is 0 Å². The van der Waals surface area contributed by atoms with Crippen molar-refractivity contribution >= 4 is 43.6 Å². The molecule has 242 valence electrons. The van der Waals surface area contributed by atoms with Crippen LogP contribution in [-0.4, -0.2) is 24.9 Å². The van der Waals surface area contributed by atoms with Gasteiger partial charge in [-0.3, -0.25) is 9.97 Å². The molecule has 5 aromatic heterocycles. The van der Waals surface area contributed by atoms with Crippen molar-refractivity contribution in [1.82, 2.24) is 24.9 Å². The fraction of sp³-hybridized carbons (Fsp3) is 0. The van der Waals surface area contributed by atoms with E-state index in [-0.39, 0.29) is 0 Å². The number of benzene rings is 5. The van der Waals surface area contributed by atoms with Crippen LogP contribution in [0.5, 0.6) is 0 Å². The molecular formula is C47H29N5. The molecule has 0 N–H and O–H groups in total. The zero-order valence-corrected chi connectivity index (χ0v) is 28.0. The van der Waals surface area contributed by atoms with Crippen molar-refractivity contribution < 1.29 is 0 Å². The molecule has 10 aromatic rings. The molecule has 5 aromatic carbocycles. The molecule has 0 radical (unpaired) electrons. The summed E-state index contributed by atoms with van der Waals surface area (Å²) in [6.45, 7) is 0. The molecular weight excluding hydrogens is 635 g/mol. The van der Waals surface area contributed by atoms with Gasteiger partial charge in [0, 0.05) is 56.8 Å². The molecule has 0 aliphatic heterocycles. The maximum Gasteiger partial charge on any atom is 0.0972 e. The summed E-state index contributed by atoms with van der Waals surface area (Å²) in [5, 5.41) is 4.36. The predicted octanol–water partition coefficient (Wildman–Crippen LogP) is 11.6. The lowest BCUT2D eigenvalue weighted by atomic mass is 9.99. The number of pyridine rings is 5. The van der Waals surface area contributed by atoms with E-state index in [0.29, 0.717) is 0 Å². The standard InChI is InChI=1S/C47H29N5/c1-4-33(30-21-24-48-25-22-30)26-36(5-1)41-19-14-39-27-34(12-17-43(39)50-41)35-13-18-44-40(28-35)15-20-42(51-44)37-6-2-7-38(29-37)45-16-11-32-10-9-31-8-3-23-49-46(31)47(32)52-45/h1-29H. The Labute approximate surface area is 300 Å². The summed E-state index contributed by atoms with van der Waals surface area (Å²) in [5.41, 5.74) is 14.3. The largest absolute Gasteiger partial charge is 0.265 e. The smallest absolute Gasteiger partial charge is 0.0972 e. The maximum atomic E-state index is 5.08. The Morgan fingerprint density at radius 3 is 1.42 bits per heavy atom. The maximum absolute atomic E-state index is 5.08. The van der Waals surface area contributed by atoms with Crippen molar-refractivity contribution in [2.75, 3.05) is 0 Å². The number of rotatable bonds is 5. The summed E-state index contributed by atoms with van der Waals surface area (Å²) in [4.78, 5) is 23.9. The highest BCUT2D eigenvalue weighted by molar-refractivity contribution is 6.03. The summed E-state index contributed by atoms with van der Waals surface area (Å²) in [7, 11) is 0. The first-order valence-electron chi connectivity index (χ1n) is 17.3. The van der Waals surface area contributed by atoms with Crippen molar-refractivity contribution in [1.29, 1.82) is 0 Å². The highest BCUT2D eigenvalue weighted by atomic mass is 14.8. The van der Waals surface area contributed by atoms with E-state index in [2.05, 4.69) is 149 Å². The summed E-state index contributed by atoms with van der Waals surface area (Å²) < 4.78 is 0. The van der Waals surface area contributed by atoms with Gasteiger partial charge in [-0.15, -0.1) is 0 Å². The van der Waals surface area contributed by atoms with Crippen LogP contribution in [0.15, 0.2) is 176 Å². The van der Waals surface area contributed by atoms with Crippen LogP contribution in [0.1, 0.15) is 0 Å². The molecule has 0 aliphatic carbocycles. The number of nitrogens with zero attached hydrogens (tertiary/aromatic N) is 5. The minimum absolute atomic E-state index is 0.912. The van der Waals surface area contributed by atoms with Crippen LogP contribution in [0.25, 0.3) is 99.6 Å². The second-order valence-electron chi connectivity index (χ2n) is 13.0. The zero-order valence-electron chi connectivity index (χ0n) is 28.0. The Balaban J connectivity index is 0.931. The summed E-state index contributed by atoms with van der Waals surface area (Å²) in [5.74, 6) is 0. The van der Waals surface area contributed by atoms with Gasteiger partial charge in [0.05, 0.1) is 39.1 Å². The second kappa shape index (κ2) is 12.3. The third-order valence-corrected chi connectivity index (χ3v) is 9.77. The molecule has 10 rings (SSSR count). The van der Waals surface area contributed by atoms with Gasteiger partial charge in [0.2, 0.25) is 0 Å². The molecule has 0 bridgehead atoms. The van der Waals surface area contributed by atoms with E-state index in [1.807, 2.05) is 36.8 Å². The molecule has 0 unspecified atom stereocenters. The van der Waals surface area contributed by atoms with E-state index in [1.54, 1.807) is 0 Å². The van der Waals surface area contributed by atoms with Crippen LogP contribution in [0.3, 0.4) is 0 Å². The van der Waals surface area contributed by atoms with Crippen LogP contribution in [-0.2, 0) is 0 Å². The van der Waals surface area contributed by atoms with Gasteiger partial charge in [-0.1, -0.05) is 84.9 Å². The molecule has 0 saturated carbocycles. The minimum atomic E-state index is 0.912. The third kappa shape index (κ3) is 5.42. The molecule has 0 atom stereocenters. The highest BCUT2D eigenvalue weighted by Gasteiger charge is 2.11. The van der Waals surface area contributed by atoms with E-state index >= 15 is 0 Å². The summed E-state index contributed by atoms with van der Waals surface area (Å²) in [6, 6.07) is 54.9. The Morgan fingerprint density at radius 2 is 0.788 bits per heavy atom. The lowest BCUT2D eigenvalue weighted by Crippen LogP contribution is -1.90. The minimum Gasteiger partial charge on any atom is -0.265 e. The molecule has 5 nitrogen and oxygen atoms in total. The Hall–Kier alpha value is -7.11. The van der Waals surface area contributed by atoms with E-state index < -0.39 is 0 Å². The Bertz CT molecular complexity index is 2970. The number of fused-ring (bicyclic) bond motifs is 5. The normalized spacial score (nSPS) is 11.5. The number of aromatic nitrogens is 5. The molecule has 0 aliphatic rings. The van der Waals surface area contributed by atoms with Crippen molar-refractivity contribution in [2.24, 2.45) is 0 Å². The highest BCUT2D eigenvalue weighted by Crippen LogP contribution is 2.32. The molecule has 0 spiro atoms. The quantitative estimate of drug-likeness (QED) is 0.171. The van der Waals surface area contributed by atoms with Crippen molar-refractivity contribution in [3.05, 3.63) is 176 Å². The van der Waals surface area contributed by atoms with E-state index in [0.717, 1.165) is 99.6 Å².